The lowest BCUT2D eigenvalue weighted by Crippen LogP contribution is -2.36. The van der Waals surface area contributed by atoms with Gasteiger partial charge in [0.25, 0.3) is 5.91 Å². The number of hydrogen-bond donors (Lipinski definition) is 1. The molecule has 1 amide bonds. The number of nitrogens with one attached hydrogen (secondary N) is 1. The standard InChI is InChI=1S/C23H21N7O/c31-23(16-7-4-8-24-9-16)30-12-17-11-29(22-18-10-27-28-21(18)25-14-26-22)13-19(17)20(30)15-5-2-1-3-6-15/h1-10,14,17,19-20H,11-13H2,(H,25,26,27,28)/t17-,19-,20+/m0/s1. The van der Waals surface area contributed by atoms with Gasteiger partial charge in [0, 0.05) is 43.9 Å². The number of hydrogen-bond acceptors (Lipinski definition) is 6. The number of carbonyl (C=O) groups is 1. The molecule has 0 spiro atoms. The van der Waals surface area contributed by atoms with Crippen molar-refractivity contribution in [1.29, 1.82) is 0 Å². The van der Waals surface area contributed by atoms with Gasteiger partial charge in [0.15, 0.2) is 5.65 Å². The van der Waals surface area contributed by atoms with Crippen molar-refractivity contribution in [3.05, 3.63) is 78.5 Å². The number of amides is 1. The van der Waals surface area contributed by atoms with E-state index in [9.17, 15) is 4.79 Å². The Morgan fingerprint density at radius 3 is 2.74 bits per heavy atom. The van der Waals surface area contributed by atoms with Crippen LogP contribution in [0.25, 0.3) is 11.0 Å². The maximum atomic E-state index is 13.4. The van der Waals surface area contributed by atoms with Crippen molar-refractivity contribution in [3.8, 4) is 0 Å². The molecule has 6 rings (SSSR count). The first-order valence-electron chi connectivity index (χ1n) is 10.4. The SMILES string of the molecule is O=C(c1cccnc1)N1C[C@@H]2CN(c3ncnc4[nH]ncc34)C[C@@H]2[C@H]1c1ccccc1. The molecule has 0 radical (unpaired) electrons. The van der Waals surface area contributed by atoms with Crippen LogP contribution in [0.15, 0.2) is 67.4 Å². The zero-order valence-corrected chi connectivity index (χ0v) is 16.8. The highest BCUT2D eigenvalue weighted by Gasteiger charge is 2.49. The molecule has 4 aromatic rings. The highest BCUT2D eigenvalue weighted by molar-refractivity contribution is 5.94. The van der Waals surface area contributed by atoms with Crippen molar-refractivity contribution < 1.29 is 4.79 Å². The Bertz CT molecular complexity index is 1230. The van der Waals surface area contributed by atoms with Gasteiger partial charge < -0.3 is 9.80 Å². The van der Waals surface area contributed by atoms with Crippen LogP contribution in [0.2, 0.25) is 0 Å². The smallest absolute Gasteiger partial charge is 0.255 e. The average molecular weight is 411 g/mol. The molecule has 1 N–H and O–H groups in total. The molecule has 0 aliphatic carbocycles. The Morgan fingerprint density at radius 1 is 1.00 bits per heavy atom. The Balaban J connectivity index is 1.35. The maximum absolute atomic E-state index is 13.4. The Hall–Kier alpha value is -3.81. The molecule has 8 nitrogen and oxygen atoms in total. The van der Waals surface area contributed by atoms with E-state index in [1.807, 2.05) is 35.2 Å². The zero-order valence-electron chi connectivity index (χ0n) is 16.8. The van der Waals surface area contributed by atoms with E-state index < -0.39 is 0 Å². The third kappa shape index (κ3) is 2.94. The van der Waals surface area contributed by atoms with Crippen molar-refractivity contribution in [3.63, 3.8) is 0 Å². The van der Waals surface area contributed by atoms with E-state index in [2.05, 4.69) is 42.2 Å². The summed E-state index contributed by atoms with van der Waals surface area (Å²) in [5, 5.41) is 7.98. The number of fused-ring (bicyclic) bond motifs is 2. The predicted molar refractivity (Wildman–Crippen MR) is 115 cm³/mol. The normalized spacial score (nSPS) is 22.8. The van der Waals surface area contributed by atoms with E-state index in [0.29, 0.717) is 23.9 Å². The van der Waals surface area contributed by atoms with Crippen LogP contribution < -0.4 is 4.90 Å². The Morgan fingerprint density at radius 2 is 1.90 bits per heavy atom. The summed E-state index contributed by atoms with van der Waals surface area (Å²) in [5.74, 6) is 1.63. The molecule has 2 fully saturated rings. The first-order valence-corrected chi connectivity index (χ1v) is 10.4. The summed E-state index contributed by atoms with van der Waals surface area (Å²) >= 11 is 0. The largest absolute Gasteiger partial charge is 0.355 e. The first-order chi connectivity index (χ1) is 15.3. The molecule has 5 heterocycles. The lowest BCUT2D eigenvalue weighted by atomic mass is 9.89. The number of carbonyl (C=O) groups excluding carboxylic acids is 1. The summed E-state index contributed by atoms with van der Waals surface area (Å²) < 4.78 is 0. The summed E-state index contributed by atoms with van der Waals surface area (Å²) in [5.41, 5.74) is 2.55. The van der Waals surface area contributed by atoms with Crippen LogP contribution in [0.3, 0.4) is 0 Å². The van der Waals surface area contributed by atoms with Crippen LogP contribution >= 0.6 is 0 Å². The van der Waals surface area contributed by atoms with E-state index in [-0.39, 0.29) is 11.9 Å². The summed E-state index contributed by atoms with van der Waals surface area (Å²) in [6.45, 7) is 2.40. The molecule has 31 heavy (non-hydrogen) atoms. The van der Waals surface area contributed by atoms with Gasteiger partial charge in [-0.2, -0.15) is 5.10 Å². The first kappa shape index (κ1) is 18.0. The number of benzene rings is 1. The molecule has 0 unspecified atom stereocenters. The molecule has 2 saturated heterocycles. The van der Waals surface area contributed by atoms with Crippen molar-refractivity contribution in [2.24, 2.45) is 11.8 Å². The topological polar surface area (TPSA) is 90.9 Å². The Labute approximate surface area is 179 Å². The van der Waals surface area contributed by atoms with Crippen molar-refractivity contribution in [2.75, 3.05) is 24.5 Å². The second-order valence-corrected chi connectivity index (χ2v) is 8.21. The Kier molecular flexibility index (Phi) is 4.15. The monoisotopic (exact) mass is 411 g/mol. The van der Waals surface area contributed by atoms with Gasteiger partial charge in [-0.05, 0) is 17.7 Å². The minimum Gasteiger partial charge on any atom is -0.355 e. The summed E-state index contributed by atoms with van der Waals surface area (Å²) in [6, 6.07) is 14.0. The molecular weight excluding hydrogens is 390 g/mol. The van der Waals surface area contributed by atoms with Gasteiger partial charge in [-0.15, -0.1) is 0 Å². The van der Waals surface area contributed by atoms with Crippen LogP contribution in [-0.2, 0) is 0 Å². The van der Waals surface area contributed by atoms with Crippen molar-refractivity contribution in [2.45, 2.75) is 6.04 Å². The van der Waals surface area contributed by atoms with Crippen molar-refractivity contribution in [1.82, 2.24) is 30.0 Å². The van der Waals surface area contributed by atoms with E-state index in [1.165, 1.54) is 5.56 Å². The highest BCUT2D eigenvalue weighted by Crippen LogP contribution is 2.46. The minimum atomic E-state index is 0.0191. The lowest BCUT2D eigenvalue weighted by Gasteiger charge is -2.30. The van der Waals surface area contributed by atoms with Crippen LogP contribution in [0, 0.1) is 11.8 Å². The highest BCUT2D eigenvalue weighted by atomic mass is 16.2. The molecular formula is C23H21N7O. The molecule has 3 aromatic heterocycles. The third-order valence-corrected chi connectivity index (χ3v) is 6.50. The fraction of sp³-hybridized carbons (Fsp3) is 0.261. The fourth-order valence-electron chi connectivity index (χ4n) is 5.16. The molecule has 1 aromatic carbocycles. The molecule has 0 saturated carbocycles. The molecule has 154 valence electrons. The van der Waals surface area contributed by atoms with Gasteiger partial charge in [0.1, 0.15) is 12.1 Å². The van der Waals surface area contributed by atoms with E-state index in [0.717, 1.165) is 29.9 Å². The minimum absolute atomic E-state index is 0.0191. The zero-order chi connectivity index (χ0) is 20.8. The second kappa shape index (κ2) is 7.16. The molecule has 2 aliphatic heterocycles. The van der Waals surface area contributed by atoms with Crippen molar-refractivity contribution >= 4 is 22.8 Å². The molecule has 0 bridgehead atoms. The quantitative estimate of drug-likeness (QED) is 0.557. The number of H-pyrrole nitrogens is 1. The van der Waals surface area contributed by atoms with Crippen LogP contribution in [-0.4, -0.2) is 55.6 Å². The number of likely N-dealkylation sites (tertiary alicyclic amines) is 1. The number of rotatable bonds is 3. The fourth-order valence-corrected chi connectivity index (χ4v) is 5.16. The van der Waals surface area contributed by atoms with E-state index in [1.54, 1.807) is 24.9 Å². The number of anilines is 1. The number of pyridine rings is 1. The van der Waals surface area contributed by atoms with E-state index >= 15 is 0 Å². The second-order valence-electron chi connectivity index (χ2n) is 8.21. The van der Waals surface area contributed by atoms with Gasteiger partial charge in [-0.1, -0.05) is 30.3 Å². The number of nitrogens with zero attached hydrogens (tertiary/aromatic N) is 6. The summed E-state index contributed by atoms with van der Waals surface area (Å²) in [7, 11) is 0. The molecule has 3 atom stereocenters. The lowest BCUT2D eigenvalue weighted by molar-refractivity contribution is 0.0715. The predicted octanol–water partition coefficient (Wildman–Crippen LogP) is 2.70. The van der Waals surface area contributed by atoms with E-state index in [4.69, 9.17) is 0 Å². The van der Waals surface area contributed by atoms with Crippen LogP contribution in [0.5, 0.6) is 0 Å². The maximum Gasteiger partial charge on any atom is 0.255 e. The molecule has 2 aliphatic rings. The van der Waals surface area contributed by atoms with Gasteiger partial charge in [0.05, 0.1) is 23.2 Å². The molecule has 8 heteroatoms. The number of aromatic nitrogens is 5. The summed E-state index contributed by atoms with van der Waals surface area (Å²) in [6.07, 6.45) is 6.71. The summed E-state index contributed by atoms with van der Waals surface area (Å²) in [4.78, 5) is 30.7. The van der Waals surface area contributed by atoms with Gasteiger partial charge in [0.2, 0.25) is 0 Å². The average Bonchev–Trinajstić information content (AvgIpc) is 3.53. The third-order valence-electron chi connectivity index (χ3n) is 6.50. The van der Waals surface area contributed by atoms with Crippen LogP contribution in [0.1, 0.15) is 22.0 Å². The van der Waals surface area contributed by atoms with Gasteiger partial charge in [-0.25, -0.2) is 9.97 Å². The number of aromatic amines is 1. The van der Waals surface area contributed by atoms with Crippen LogP contribution in [0.4, 0.5) is 5.82 Å². The van der Waals surface area contributed by atoms with Gasteiger partial charge >= 0.3 is 0 Å². The van der Waals surface area contributed by atoms with Gasteiger partial charge in [-0.3, -0.25) is 14.9 Å².